The summed E-state index contributed by atoms with van der Waals surface area (Å²) in [6.45, 7) is 6.83. The molecule has 1 amide bonds. The third-order valence-corrected chi connectivity index (χ3v) is 3.28. The molecule has 0 saturated carbocycles. The summed E-state index contributed by atoms with van der Waals surface area (Å²) in [5.74, 6) is -1.64. The number of carbonyl (C=O) groups is 3. The van der Waals surface area contributed by atoms with Gasteiger partial charge in [-0.25, -0.2) is 4.79 Å². The van der Waals surface area contributed by atoms with Crippen molar-refractivity contribution in [3.05, 3.63) is 0 Å². The number of hydrogen-bond donors (Lipinski definition) is 1. The summed E-state index contributed by atoms with van der Waals surface area (Å²) in [5.41, 5.74) is -0.567. The Bertz CT molecular complexity index is 424. The number of carboxylic acids is 1. The second kappa shape index (κ2) is 7.44. The molecule has 8 nitrogen and oxygen atoms in total. The molecule has 0 spiro atoms. The Morgan fingerprint density at radius 1 is 1.14 bits per heavy atom. The number of amides is 1. The van der Waals surface area contributed by atoms with E-state index in [1.54, 1.807) is 30.6 Å². The molecule has 0 aromatic heterocycles. The summed E-state index contributed by atoms with van der Waals surface area (Å²) in [6.07, 6.45) is -0.620. The average molecular weight is 316 g/mol. The minimum atomic E-state index is -1.07. The average Bonchev–Trinajstić information content (AvgIpc) is 2.42. The van der Waals surface area contributed by atoms with Crippen LogP contribution in [0.3, 0.4) is 0 Å². The van der Waals surface area contributed by atoms with Crippen LogP contribution in [0, 0.1) is 0 Å². The number of carboxylic acid groups (broad SMARTS) is 1. The largest absolute Gasteiger partial charge is 0.480 e. The van der Waals surface area contributed by atoms with Crippen LogP contribution >= 0.6 is 0 Å². The fourth-order valence-electron chi connectivity index (χ4n) is 2.16. The third kappa shape index (κ3) is 5.51. The summed E-state index contributed by atoms with van der Waals surface area (Å²) in [5, 5.41) is 9.24. The SMILES string of the molecule is COC(=O)CC(C(=O)O)N1CCN(C(=O)OC(C)(C)C)CC1. The molecule has 0 bridgehead atoms. The van der Waals surface area contributed by atoms with Crippen molar-refractivity contribution in [2.45, 2.75) is 38.8 Å². The van der Waals surface area contributed by atoms with Crippen molar-refractivity contribution >= 4 is 18.0 Å². The quantitative estimate of drug-likeness (QED) is 0.757. The second-order valence-electron chi connectivity index (χ2n) is 6.14. The number of hydrogen-bond acceptors (Lipinski definition) is 6. The van der Waals surface area contributed by atoms with E-state index in [0.717, 1.165) is 0 Å². The maximum atomic E-state index is 11.9. The van der Waals surface area contributed by atoms with Crippen LogP contribution in [0.5, 0.6) is 0 Å². The number of carbonyl (C=O) groups excluding carboxylic acids is 2. The van der Waals surface area contributed by atoms with E-state index in [9.17, 15) is 19.5 Å². The molecule has 1 aliphatic rings. The van der Waals surface area contributed by atoms with Gasteiger partial charge in [0.15, 0.2) is 0 Å². The van der Waals surface area contributed by atoms with Gasteiger partial charge in [0.05, 0.1) is 13.5 Å². The molecule has 1 unspecified atom stereocenters. The highest BCUT2D eigenvalue weighted by molar-refractivity contribution is 5.81. The van der Waals surface area contributed by atoms with Crippen LogP contribution in [0.25, 0.3) is 0 Å². The van der Waals surface area contributed by atoms with E-state index in [0.29, 0.717) is 26.2 Å². The lowest BCUT2D eigenvalue weighted by Gasteiger charge is -2.37. The van der Waals surface area contributed by atoms with Crippen LogP contribution in [0.4, 0.5) is 4.79 Å². The number of methoxy groups -OCH3 is 1. The van der Waals surface area contributed by atoms with Crippen molar-refractivity contribution in [2.75, 3.05) is 33.3 Å². The fraction of sp³-hybridized carbons (Fsp3) is 0.786. The topological polar surface area (TPSA) is 96.4 Å². The molecule has 1 fully saturated rings. The summed E-state index contributed by atoms with van der Waals surface area (Å²) in [6, 6.07) is -0.937. The maximum absolute atomic E-state index is 11.9. The van der Waals surface area contributed by atoms with Crippen molar-refractivity contribution < 1.29 is 29.0 Å². The molecular formula is C14H24N2O6. The van der Waals surface area contributed by atoms with Gasteiger partial charge >= 0.3 is 18.0 Å². The molecule has 8 heteroatoms. The van der Waals surface area contributed by atoms with Gasteiger partial charge in [-0.05, 0) is 20.8 Å². The molecule has 0 aromatic rings. The number of aliphatic carboxylic acids is 1. The number of rotatable bonds is 4. The van der Waals surface area contributed by atoms with Crippen LogP contribution in [0.2, 0.25) is 0 Å². The van der Waals surface area contributed by atoms with Gasteiger partial charge in [-0.15, -0.1) is 0 Å². The van der Waals surface area contributed by atoms with Crippen molar-refractivity contribution in [3.8, 4) is 0 Å². The van der Waals surface area contributed by atoms with E-state index < -0.39 is 29.7 Å². The minimum absolute atomic E-state index is 0.210. The van der Waals surface area contributed by atoms with E-state index in [-0.39, 0.29) is 6.42 Å². The van der Waals surface area contributed by atoms with Gasteiger partial charge in [-0.2, -0.15) is 0 Å². The van der Waals surface area contributed by atoms with Crippen LogP contribution in [-0.2, 0) is 19.1 Å². The molecule has 1 heterocycles. The van der Waals surface area contributed by atoms with Gasteiger partial charge in [0, 0.05) is 26.2 Å². The van der Waals surface area contributed by atoms with E-state index in [1.165, 1.54) is 7.11 Å². The highest BCUT2D eigenvalue weighted by Gasteiger charge is 2.33. The first-order valence-corrected chi connectivity index (χ1v) is 7.15. The molecule has 1 aliphatic heterocycles. The van der Waals surface area contributed by atoms with Crippen molar-refractivity contribution in [1.29, 1.82) is 0 Å². The Labute approximate surface area is 130 Å². The number of nitrogens with zero attached hydrogens (tertiary/aromatic N) is 2. The third-order valence-electron chi connectivity index (χ3n) is 3.28. The van der Waals surface area contributed by atoms with E-state index in [4.69, 9.17) is 4.74 Å². The number of piperazine rings is 1. The molecule has 0 aromatic carbocycles. The molecule has 1 atom stereocenters. The highest BCUT2D eigenvalue weighted by Crippen LogP contribution is 2.14. The molecule has 0 radical (unpaired) electrons. The Kier molecular flexibility index (Phi) is 6.16. The maximum Gasteiger partial charge on any atom is 0.410 e. The molecule has 1 rings (SSSR count). The van der Waals surface area contributed by atoms with Gasteiger partial charge in [0.25, 0.3) is 0 Å². The van der Waals surface area contributed by atoms with Crippen LogP contribution in [0.1, 0.15) is 27.2 Å². The Morgan fingerprint density at radius 3 is 2.09 bits per heavy atom. The van der Waals surface area contributed by atoms with Crippen molar-refractivity contribution in [3.63, 3.8) is 0 Å². The molecule has 1 saturated heterocycles. The lowest BCUT2D eigenvalue weighted by atomic mass is 10.1. The standard InChI is InChI=1S/C14H24N2O6/c1-14(2,3)22-13(20)16-7-5-15(6-8-16)10(12(18)19)9-11(17)21-4/h10H,5-9H2,1-4H3,(H,18,19). The zero-order valence-corrected chi connectivity index (χ0v) is 13.5. The highest BCUT2D eigenvalue weighted by atomic mass is 16.6. The second-order valence-corrected chi connectivity index (χ2v) is 6.14. The predicted molar refractivity (Wildman–Crippen MR) is 77.4 cm³/mol. The van der Waals surface area contributed by atoms with Crippen LogP contribution in [0.15, 0.2) is 0 Å². The lowest BCUT2D eigenvalue weighted by molar-refractivity contribution is -0.152. The van der Waals surface area contributed by atoms with E-state index in [2.05, 4.69) is 4.74 Å². The van der Waals surface area contributed by atoms with Gasteiger partial charge in [-0.1, -0.05) is 0 Å². The Balaban J connectivity index is 2.57. The minimum Gasteiger partial charge on any atom is -0.480 e. The summed E-state index contributed by atoms with van der Waals surface area (Å²) in [7, 11) is 1.22. The number of esters is 1. The first-order chi connectivity index (χ1) is 10.1. The molecule has 0 aliphatic carbocycles. The van der Waals surface area contributed by atoms with Crippen LogP contribution in [-0.4, -0.2) is 77.9 Å². The number of ether oxygens (including phenoxy) is 2. The molecular weight excluding hydrogens is 292 g/mol. The first-order valence-electron chi connectivity index (χ1n) is 7.15. The Hall–Kier alpha value is -1.83. The van der Waals surface area contributed by atoms with E-state index >= 15 is 0 Å². The lowest BCUT2D eigenvalue weighted by Crippen LogP contribution is -2.55. The van der Waals surface area contributed by atoms with Gasteiger partial charge in [-0.3, -0.25) is 14.5 Å². The van der Waals surface area contributed by atoms with Crippen molar-refractivity contribution in [1.82, 2.24) is 9.80 Å². The first kappa shape index (κ1) is 18.2. The molecule has 126 valence electrons. The molecule has 1 N–H and O–H groups in total. The Morgan fingerprint density at radius 2 is 1.68 bits per heavy atom. The van der Waals surface area contributed by atoms with Gasteiger partial charge in [0.1, 0.15) is 11.6 Å². The van der Waals surface area contributed by atoms with Crippen LogP contribution < -0.4 is 0 Å². The van der Waals surface area contributed by atoms with E-state index in [1.807, 2.05) is 0 Å². The normalized spacial score (nSPS) is 17.7. The van der Waals surface area contributed by atoms with Gasteiger partial charge < -0.3 is 19.5 Å². The zero-order valence-electron chi connectivity index (χ0n) is 13.5. The summed E-state index contributed by atoms with van der Waals surface area (Å²) >= 11 is 0. The van der Waals surface area contributed by atoms with Gasteiger partial charge in [0.2, 0.25) is 0 Å². The summed E-state index contributed by atoms with van der Waals surface area (Å²) < 4.78 is 9.80. The summed E-state index contributed by atoms with van der Waals surface area (Å²) in [4.78, 5) is 37.8. The zero-order chi connectivity index (χ0) is 16.9. The predicted octanol–water partition coefficient (Wildman–Crippen LogP) is 0.555. The fourth-order valence-corrected chi connectivity index (χ4v) is 2.16. The monoisotopic (exact) mass is 316 g/mol. The smallest absolute Gasteiger partial charge is 0.410 e. The molecule has 22 heavy (non-hydrogen) atoms. The van der Waals surface area contributed by atoms with Crippen molar-refractivity contribution in [2.24, 2.45) is 0 Å².